The number of ether oxygens (including phenoxy) is 1. The molecule has 0 saturated heterocycles. The van der Waals surface area contributed by atoms with Crippen LogP contribution in [0.15, 0.2) is 30.5 Å². The Morgan fingerprint density at radius 3 is 2.50 bits per heavy atom. The van der Waals surface area contributed by atoms with Gasteiger partial charge in [-0.1, -0.05) is 15.9 Å². The second kappa shape index (κ2) is 4.70. The first kappa shape index (κ1) is 11.2. The summed E-state index contributed by atoms with van der Waals surface area (Å²) in [7, 11) is 1.66. The molecule has 0 bridgehead atoms. The van der Waals surface area contributed by atoms with Crippen LogP contribution < -0.4 is 4.74 Å². The van der Waals surface area contributed by atoms with Crippen LogP contribution in [0.25, 0.3) is 5.69 Å². The van der Waals surface area contributed by atoms with Gasteiger partial charge in [0.1, 0.15) is 5.75 Å². The molecule has 0 amide bonds. The van der Waals surface area contributed by atoms with Crippen molar-refractivity contribution in [2.75, 3.05) is 7.11 Å². The number of hydrogen-bond donors (Lipinski definition) is 0. The van der Waals surface area contributed by atoms with Crippen LogP contribution in [0.4, 0.5) is 0 Å². The Kier molecular flexibility index (Phi) is 3.29. The highest BCUT2D eigenvalue weighted by Gasteiger charge is 2.06. The largest absolute Gasteiger partial charge is 0.497 e. The molecule has 0 radical (unpaired) electrons. The SMILES string of the molecule is COc1ccc(-n2ncc(CBr)c2C)cc1. The van der Waals surface area contributed by atoms with Gasteiger partial charge in [0.05, 0.1) is 19.0 Å². The van der Waals surface area contributed by atoms with E-state index in [9.17, 15) is 0 Å². The second-order valence-electron chi connectivity index (χ2n) is 3.50. The van der Waals surface area contributed by atoms with Gasteiger partial charge in [-0.25, -0.2) is 4.68 Å². The Morgan fingerprint density at radius 2 is 2.00 bits per heavy atom. The molecule has 1 heterocycles. The zero-order valence-corrected chi connectivity index (χ0v) is 10.9. The van der Waals surface area contributed by atoms with Crippen LogP contribution in [0.5, 0.6) is 5.75 Å². The van der Waals surface area contributed by atoms with Crippen molar-refractivity contribution >= 4 is 15.9 Å². The molecule has 0 fully saturated rings. The normalized spacial score (nSPS) is 10.4. The molecule has 16 heavy (non-hydrogen) atoms. The van der Waals surface area contributed by atoms with Crippen LogP contribution in [0.2, 0.25) is 0 Å². The molecule has 2 rings (SSSR count). The highest BCUT2D eigenvalue weighted by atomic mass is 79.9. The summed E-state index contributed by atoms with van der Waals surface area (Å²) in [5.74, 6) is 0.856. The summed E-state index contributed by atoms with van der Waals surface area (Å²) < 4.78 is 7.05. The van der Waals surface area contributed by atoms with Crippen LogP contribution in [0.1, 0.15) is 11.3 Å². The molecule has 0 N–H and O–H groups in total. The highest BCUT2D eigenvalue weighted by molar-refractivity contribution is 9.08. The van der Waals surface area contributed by atoms with Crippen molar-refractivity contribution in [1.29, 1.82) is 0 Å². The number of benzene rings is 1. The molecule has 84 valence electrons. The van der Waals surface area contributed by atoms with Crippen molar-refractivity contribution in [3.05, 3.63) is 41.7 Å². The lowest BCUT2D eigenvalue weighted by Gasteiger charge is -2.06. The standard InChI is InChI=1S/C12H13BrN2O/c1-9-10(7-13)8-14-15(9)11-3-5-12(16-2)6-4-11/h3-6,8H,7H2,1-2H3. The maximum atomic E-state index is 5.12. The van der Waals surface area contributed by atoms with Gasteiger partial charge in [-0.15, -0.1) is 0 Å². The summed E-state index contributed by atoms with van der Waals surface area (Å²) in [6, 6.07) is 7.86. The van der Waals surface area contributed by atoms with Crippen LogP contribution in [-0.2, 0) is 5.33 Å². The maximum Gasteiger partial charge on any atom is 0.119 e. The second-order valence-corrected chi connectivity index (χ2v) is 4.06. The first-order valence-corrected chi connectivity index (χ1v) is 6.12. The van der Waals surface area contributed by atoms with Gasteiger partial charge in [0.25, 0.3) is 0 Å². The third-order valence-electron chi connectivity index (χ3n) is 2.57. The summed E-state index contributed by atoms with van der Waals surface area (Å²) in [6.45, 7) is 2.06. The smallest absolute Gasteiger partial charge is 0.119 e. The molecule has 3 nitrogen and oxygen atoms in total. The van der Waals surface area contributed by atoms with Gasteiger partial charge in [-0.05, 0) is 31.2 Å². The van der Waals surface area contributed by atoms with Gasteiger partial charge in [0, 0.05) is 16.6 Å². The highest BCUT2D eigenvalue weighted by Crippen LogP contribution is 2.18. The number of methoxy groups -OCH3 is 1. The van der Waals surface area contributed by atoms with Crippen LogP contribution >= 0.6 is 15.9 Å². The van der Waals surface area contributed by atoms with E-state index in [0.29, 0.717) is 0 Å². The lowest BCUT2D eigenvalue weighted by Crippen LogP contribution is -1.99. The van der Waals surface area contributed by atoms with Crippen molar-refractivity contribution in [3.63, 3.8) is 0 Å². The first-order valence-electron chi connectivity index (χ1n) is 5.00. The molecular weight excluding hydrogens is 268 g/mol. The minimum Gasteiger partial charge on any atom is -0.497 e. The van der Waals surface area contributed by atoms with E-state index in [4.69, 9.17) is 4.74 Å². The van der Waals surface area contributed by atoms with Crippen molar-refractivity contribution in [3.8, 4) is 11.4 Å². The number of rotatable bonds is 3. The fourth-order valence-corrected chi connectivity index (χ4v) is 2.11. The molecule has 1 aromatic carbocycles. The van der Waals surface area contributed by atoms with E-state index in [2.05, 4.69) is 28.0 Å². The number of alkyl halides is 1. The molecule has 1 aromatic heterocycles. The number of aromatic nitrogens is 2. The molecular formula is C12H13BrN2O. The van der Waals surface area contributed by atoms with E-state index in [1.165, 1.54) is 5.56 Å². The lowest BCUT2D eigenvalue weighted by molar-refractivity contribution is 0.414. The average Bonchev–Trinajstić information content (AvgIpc) is 2.70. The van der Waals surface area contributed by atoms with E-state index in [-0.39, 0.29) is 0 Å². The van der Waals surface area contributed by atoms with Gasteiger partial charge in [0.15, 0.2) is 0 Å². The summed E-state index contributed by atoms with van der Waals surface area (Å²) in [5.41, 5.74) is 3.41. The minimum atomic E-state index is 0.828. The fraction of sp³-hybridized carbons (Fsp3) is 0.250. The predicted molar refractivity (Wildman–Crippen MR) is 67.5 cm³/mol. The van der Waals surface area contributed by atoms with Gasteiger partial charge < -0.3 is 4.74 Å². The average molecular weight is 281 g/mol. The zero-order valence-electron chi connectivity index (χ0n) is 9.27. The third kappa shape index (κ3) is 1.97. The third-order valence-corrected chi connectivity index (χ3v) is 3.18. The van der Waals surface area contributed by atoms with Crippen molar-refractivity contribution < 1.29 is 4.74 Å². The Morgan fingerprint density at radius 1 is 1.31 bits per heavy atom. The maximum absolute atomic E-state index is 5.12. The topological polar surface area (TPSA) is 27.1 Å². The van der Waals surface area contributed by atoms with Crippen molar-refractivity contribution in [2.24, 2.45) is 0 Å². The van der Waals surface area contributed by atoms with Gasteiger partial charge in [0.2, 0.25) is 0 Å². The Labute approximate surface area is 103 Å². The quantitative estimate of drug-likeness (QED) is 0.808. The van der Waals surface area contributed by atoms with E-state index in [1.54, 1.807) is 7.11 Å². The van der Waals surface area contributed by atoms with Gasteiger partial charge in [-0.3, -0.25) is 0 Å². The fourth-order valence-electron chi connectivity index (χ4n) is 1.56. The molecule has 0 saturated carbocycles. The molecule has 4 heteroatoms. The lowest BCUT2D eigenvalue weighted by atomic mass is 10.2. The summed E-state index contributed by atoms with van der Waals surface area (Å²) in [4.78, 5) is 0. The molecule has 0 aliphatic rings. The molecule has 0 aliphatic carbocycles. The van der Waals surface area contributed by atoms with Crippen molar-refractivity contribution in [1.82, 2.24) is 9.78 Å². The minimum absolute atomic E-state index is 0.828. The molecule has 0 aliphatic heterocycles. The van der Waals surface area contributed by atoms with E-state index in [0.717, 1.165) is 22.5 Å². The molecule has 0 unspecified atom stereocenters. The Hall–Kier alpha value is -1.29. The number of nitrogens with zero attached hydrogens (tertiary/aromatic N) is 2. The molecule has 2 aromatic rings. The van der Waals surface area contributed by atoms with E-state index >= 15 is 0 Å². The zero-order chi connectivity index (χ0) is 11.5. The summed E-state index contributed by atoms with van der Waals surface area (Å²) in [5, 5.41) is 5.19. The summed E-state index contributed by atoms with van der Waals surface area (Å²) >= 11 is 3.44. The van der Waals surface area contributed by atoms with Gasteiger partial charge >= 0.3 is 0 Å². The molecule has 0 spiro atoms. The number of hydrogen-bond acceptors (Lipinski definition) is 2. The summed E-state index contributed by atoms with van der Waals surface area (Å²) in [6.07, 6.45) is 1.88. The van der Waals surface area contributed by atoms with Crippen LogP contribution in [0, 0.1) is 6.92 Å². The van der Waals surface area contributed by atoms with Crippen LogP contribution in [-0.4, -0.2) is 16.9 Å². The van der Waals surface area contributed by atoms with Crippen molar-refractivity contribution in [2.45, 2.75) is 12.3 Å². The predicted octanol–water partition coefficient (Wildman–Crippen LogP) is 3.08. The Balaban J connectivity index is 2.38. The first-order chi connectivity index (χ1) is 7.76. The van der Waals surface area contributed by atoms with E-state index < -0.39 is 0 Å². The van der Waals surface area contributed by atoms with Gasteiger partial charge in [-0.2, -0.15) is 5.10 Å². The van der Waals surface area contributed by atoms with Crippen LogP contribution in [0.3, 0.4) is 0 Å². The number of halogens is 1. The van der Waals surface area contributed by atoms with E-state index in [1.807, 2.05) is 35.1 Å². The molecule has 0 atom stereocenters. The Bertz CT molecular complexity index is 476. The monoisotopic (exact) mass is 280 g/mol.